The molecular formula is C37H40ClN3O4S. The van der Waals surface area contributed by atoms with Crippen LogP contribution in [-0.2, 0) is 32.6 Å². The van der Waals surface area contributed by atoms with Gasteiger partial charge < -0.3 is 10.2 Å². The van der Waals surface area contributed by atoms with Crippen molar-refractivity contribution in [3.05, 3.63) is 130 Å². The summed E-state index contributed by atoms with van der Waals surface area (Å²) in [7, 11) is -4.15. The molecular weight excluding hydrogens is 618 g/mol. The Balaban J connectivity index is 1.56. The third kappa shape index (κ3) is 8.36. The van der Waals surface area contributed by atoms with Gasteiger partial charge in [0.1, 0.15) is 12.6 Å². The molecule has 0 heterocycles. The van der Waals surface area contributed by atoms with Gasteiger partial charge in [0.25, 0.3) is 10.0 Å². The second-order valence-corrected chi connectivity index (χ2v) is 14.3. The van der Waals surface area contributed by atoms with E-state index < -0.39 is 28.5 Å². The minimum absolute atomic E-state index is 0.0453. The number of halogens is 1. The van der Waals surface area contributed by atoms with Gasteiger partial charge in [-0.2, -0.15) is 0 Å². The van der Waals surface area contributed by atoms with Crippen molar-refractivity contribution in [2.75, 3.05) is 10.8 Å². The van der Waals surface area contributed by atoms with Gasteiger partial charge in [-0.1, -0.05) is 96.7 Å². The van der Waals surface area contributed by atoms with Crippen LogP contribution in [0.2, 0.25) is 5.02 Å². The van der Waals surface area contributed by atoms with Gasteiger partial charge in [-0.25, -0.2) is 8.42 Å². The van der Waals surface area contributed by atoms with Crippen LogP contribution in [0.15, 0.2) is 108 Å². The van der Waals surface area contributed by atoms with E-state index in [2.05, 4.69) is 5.32 Å². The first-order valence-corrected chi connectivity index (χ1v) is 17.5. The van der Waals surface area contributed by atoms with Gasteiger partial charge in [-0.05, 0) is 79.8 Å². The average Bonchev–Trinajstić information content (AvgIpc) is 3.56. The Morgan fingerprint density at radius 1 is 0.826 bits per heavy atom. The van der Waals surface area contributed by atoms with E-state index in [4.69, 9.17) is 11.6 Å². The number of rotatable bonds is 12. The van der Waals surface area contributed by atoms with Crippen LogP contribution in [-0.4, -0.2) is 43.8 Å². The molecule has 0 saturated heterocycles. The Hall–Kier alpha value is -4.14. The summed E-state index contributed by atoms with van der Waals surface area (Å²) < 4.78 is 29.5. The summed E-state index contributed by atoms with van der Waals surface area (Å²) in [6, 6.07) is 29.5. The summed E-state index contributed by atoms with van der Waals surface area (Å²) in [6.07, 6.45) is 4.15. The summed E-state index contributed by atoms with van der Waals surface area (Å²) in [5, 5.41) is 3.75. The monoisotopic (exact) mass is 657 g/mol. The summed E-state index contributed by atoms with van der Waals surface area (Å²) in [5.74, 6) is -0.740. The van der Waals surface area contributed by atoms with Crippen molar-refractivity contribution in [1.82, 2.24) is 10.2 Å². The summed E-state index contributed by atoms with van der Waals surface area (Å²) in [6.45, 7) is 3.36. The number of benzene rings is 4. The van der Waals surface area contributed by atoms with Crippen LogP contribution < -0.4 is 9.62 Å². The lowest BCUT2D eigenvalue weighted by atomic mass is 10.0. The van der Waals surface area contributed by atoms with Crippen molar-refractivity contribution in [1.29, 1.82) is 0 Å². The number of nitrogens with one attached hydrogen (secondary N) is 1. The molecule has 9 heteroatoms. The minimum Gasteiger partial charge on any atom is -0.352 e. The normalized spacial score (nSPS) is 14.1. The van der Waals surface area contributed by atoms with E-state index in [1.807, 2.05) is 62.4 Å². The maximum absolute atomic E-state index is 14.6. The van der Waals surface area contributed by atoms with Crippen molar-refractivity contribution in [2.45, 2.75) is 69.5 Å². The van der Waals surface area contributed by atoms with Crippen LogP contribution >= 0.6 is 11.6 Å². The second-order valence-electron chi connectivity index (χ2n) is 12.0. The number of carbonyl (C=O) groups is 2. The van der Waals surface area contributed by atoms with Crippen molar-refractivity contribution in [3.63, 3.8) is 0 Å². The van der Waals surface area contributed by atoms with Crippen LogP contribution in [0.3, 0.4) is 0 Å². The van der Waals surface area contributed by atoms with Gasteiger partial charge in [-0.3, -0.25) is 13.9 Å². The number of amides is 2. The SMILES string of the molecule is Cc1ccc(S(=O)(=O)N(CC(=O)N(Cc2ccc(Cl)cc2)[C@@H](Cc2ccccc2)C(=O)NC2CCCC2)c2cccc(C)c2)cc1. The largest absolute Gasteiger partial charge is 0.352 e. The summed E-state index contributed by atoms with van der Waals surface area (Å²) >= 11 is 6.18. The van der Waals surface area contributed by atoms with E-state index >= 15 is 0 Å². The lowest BCUT2D eigenvalue weighted by Crippen LogP contribution is -2.54. The topological polar surface area (TPSA) is 86.8 Å². The number of carbonyl (C=O) groups excluding carboxylic acids is 2. The Morgan fingerprint density at radius 3 is 2.15 bits per heavy atom. The van der Waals surface area contributed by atoms with Gasteiger partial charge in [0.05, 0.1) is 10.6 Å². The number of hydrogen-bond acceptors (Lipinski definition) is 4. The predicted molar refractivity (Wildman–Crippen MR) is 183 cm³/mol. The average molecular weight is 658 g/mol. The van der Waals surface area contributed by atoms with Gasteiger partial charge >= 0.3 is 0 Å². The highest BCUT2D eigenvalue weighted by Crippen LogP contribution is 2.27. The fraction of sp³-hybridized carbons (Fsp3) is 0.297. The van der Waals surface area contributed by atoms with Crippen LogP contribution in [0.1, 0.15) is 47.9 Å². The maximum Gasteiger partial charge on any atom is 0.264 e. The Labute approximate surface area is 277 Å². The van der Waals surface area contributed by atoms with Gasteiger partial charge in [0, 0.05) is 24.0 Å². The number of nitrogens with zero attached hydrogens (tertiary/aromatic N) is 2. The van der Waals surface area contributed by atoms with E-state index in [0.29, 0.717) is 10.7 Å². The molecule has 5 rings (SSSR count). The summed E-state index contributed by atoms with van der Waals surface area (Å²) in [5.41, 5.74) is 3.81. The lowest BCUT2D eigenvalue weighted by molar-refractivity contribution is -0.140. The molecule has 0 unspecified atom stereocenters. The van der Waals surface area contributed by atoms with Crippen molar-refractivity contribution < 1.29 is 18.0 Å². The standard InChI is InChI=1S/C37H40ClN3O4S/c1-27-15-21-34(22-16-27)46(44,45)41(33-14-8-9-28(2)23-33)26-36(42)40(25-30-17-19-31(38)20-18-30)35(24-29-10-4-3-5-11-29)37(43)39-32-12-6-7-13-32/h3-5,8-11,14-23,32,35H,6-7,12-13,24-26H2,1-2H3,(H,39,43)/t35-/m0/s1. The highest BCUT2D eigenvalue weighted by Gasteiger charge is 2.35. The number of hydrogen-bond donors (Lipinski definition) is 1. The zero-order valence-corrected chi connectivity index (χ0v) is 27.8. The van der Waals surface area contributed by atoms with Gasteiger partial charge in [-0.15, -0.1) is 0 Å². The molecule has 46 heavy (non-hydrogen) atoms. The molecule has 4 aromatic rings. The van der Waals surface area contributed by atoms with E-state index in [1.54, 1.807) is 54.6 Å². The molecule has 4 aromatic carbocycles. The first kappa shape index (κ1) is 33.2. The van der Waals surface area contributed by atoms with Crippen molar-refractivity contribution in [2.24, 2.45) is 0 Å². The molecule has 0 radical (unpaired) electrons. The molecule has 7 nitrogen and oxygen atoms in total. The molecule has 2 amide bonds. The second kappa shape index (κ2) is 15.0. The Bertz CT molecular complexity index is 1740. The van der Waals surface area contributed by atoms with Gasteiger partial charge in [0.15, 0.2) is 0 Å². The maximum atomic E-state index is 14.6. The first-order valence-electron chi connectivity index (χ1n) is 15.6. The molecule has 1 atom stereocenters. The van der Waals surface area contributed by atoms with Gasteiger partial charge in [0.2, 0.25) is 11.8 Å². The zero-order chi connectivity index (χ0) is 32.7. The number of sulfonamides is 1. The molecule has 1 N–H and O–H groups in total. The number of aryl methyl sites for hydroxylation is 2. The molecule has 0 bridgehead atoms. The smallest absolute Gasteiger partial charge is 0.264 e. The molecule has 0 aromatic heterocycles. The highest BCUT2D eigenvalue weighted by atomic mass is 35.5. The zero-order valence-electron chi connectivity index (χ0n) is 26.2. The quantitative estimate of drug-likeness (QED) is 0.181. The van der Waals surface area contributed by atoms with E-state index in [-0.39, 0.29) is 29.8 Å². The molecule has 0 aliphatic heterocycles. The molecule has 1 saturated carbocycles. The predicted octanol–water partition coefficient (Wildman–Crippen LogP) is 6.85. The number of anilines is 1. The first-order chi connectivity index (χ1) is 22.1. The fourth-order valence-corrected chi connectivity index (χ4v) is 7.39. The highest BCUT2D eigenvalue weighted by molar-refractivity contribution is 7.92. The van der Waals surface area contributed by atoms with Crippen molar-refractivity contribution in [3.8, 4) is 0 Å². The van der Waals surface area contributed by atoms with Crippen LogP contribution in [0.4, 0.5) is 5.69 Å². The van der Waals surface area contributed by atoms with E-state index in [1.165, 1.54) is 4.90 Å². The Morgan fingerprint density at radius 2 is 1.50 bits per heavy atom. The van der Waals surface area contributed by atoms with Crippen LogP contribution in [0.5, 0.6) is 0 Å². The molecule has 1 aliphatic rings. The van der Waals surface area contributed by atoms with E-state index in [9.17, 15) is 18.0 Å². The third-order valence-corrected chi connectivity index (χ3v) is 10.5. The minimum atomic E-state index is -4.15. The van der Waals surface area contributed by atoms with Crippen LogP contribution in [0, 0.1) is 13.8 Å². The molecule has 1 fully saturated rings. The molecule has 240 valence electrons. The Kier molecular flexibility index (Phi) is 10.8. The third-order valence-electron chi connectivity index (χ3n) is 8.42. The fourth-order valence-electron chi connectivity index (χ4n) is 5.86. The van der Waals surface area contributed by atoms with E-state index in [0.717, 1.165) is 52.2 Å². The summed E-state index contributed by atoms with van der Waals surface area (Å²) in [4.78, 5) is 30.3. The lowest BCUT2D eigenvalue weighted by Gasteiger charge is -2.34. The molecule has 1 aliphatic carbocycles. The van der Waals surface area contributed by atoms with Crippen molar-refractivity contribution >= 4 is 39.1 Å². The van der Waals surface area contributed by atoms with Crippen LogP contribution in [0.25, 0.3) is 0 Å². The molecule has 0 spiro atoms.